The first-order valence-corrected chi connectivity index (χ1v) is 5.22. The van der Waals surface area contributed by atoms with Gasteiger partial charge in [0.2, 0.25) is 0 Å². The monoisotopic (exact) mass is 201 g/mol. The van der Waals surface area contributed by atoms with Crippen molar-refractivity contribution in [3.63, 3.8) is 0 Å². The van der Waals surface area contributed by atoms with E-state index in [1.807, 2.05) is 0 Å². The third-order valence-electron chi connectivity index (χ3n) is 3.07. The molecule has 0 heterocycles. The second-order valence-electron chi connectivity index (χ2n) is 4.27. The van der Waals surface area contributed by atoms with E-state index in [0.29, 0.717) is 5.92 Å². The maximum atomic E-state index is 8.80. The van der Waals surface area contributed by atoms with Crippen LogP contribution < -0.4 is 4.74 Å². The van der Waals surface area contributed by atoms with Gasteiger partial charge in [0.15, 0.2) is 0 Å². The van der Waals surface area contributed by atoms with E-state index in [0.717, 1.165) is 23.3 Å². The molecule has 0 aliphatic heterocycles. The van der Waals surface area contributed by atoms with Crippen LogP contribution in [-0.4, -0.2) is 7.11 Å². The first-order valence-electron chi connectivity index (χ1n) is 5.22. The summed E-state index contributed by atoms with van der Waals surface area (Å²) >= 11 is 0. The van der Waals surface area contributed by atoms with Gasteiger partial charge in [0.1, 0.15) is 5.75 Å². The number of hydrogen-bond acceptors (Lipinski definition) is 2. The summed E-state index contributed by atoms with van der Waals surface area (Å²) in [6.07, 6.45) is 1.02. The van der Waals surface area contributed by atoms with Crippen molar-refractivity contribution in [3.8, 4) is 11.8 Å². The molecule has 0 bridgehead atoms. The lowest BCUT2D eigenvalue weighted by molar-refractivity contribution is 0.408. The normalized spacial score (nSPS) is 23.3. The molecular weight excluding hydrogens is 186 g/mol. The molecule has 1 saturated carbocycles. The summed E-state index contributed by atoms with van der Waals surface area (Å²) in [4.78, 5) is 0. The summed E-state index contributed by atoms with van der Waals surface area (Å²) in [7, 11) is 1.70. The molecule has 0 spiro atoms. The zero-order valence-electron chi connectivity index (χ0n) is 9.37. The molecule has 0 aromatic heterocycles. The summed E-state index contributed by atoms with van der Waals surface area (Å²) in [6, 6.07) is 6.62. The second kappa shape index (κ2) is 3.58. The van der Waals surface area contributed by atoms with Crippen LogP contribution in [0.4, 0.5) is 0 Å². The quantitative estimate of drug-likeness (QED) is 0.737. The van der Waals surface area contributed by atoms with Crippen LogP contribution in [0.15, 0.2) is 12.1 Å². The van der Waals surface area contributed by atoms with Gasteiger partial charge < -0.3 is 4.74 Å². The minimum absolute atomic E-state index is 0.234. The molecular formula is C13H15NO. The average Bonchev–Trinajstić information content (AvgIpc) is 2.96. The Morgan fingerprint density at radius 2 is 1.93 bits per heavy atom. The van der Waals surface area contributed by atoms with Crippen LogP contribution in [0.5, 0.6) is 5.75 Å². The van der Waals surface area contributed by atoms with Crippen LogP contribution in [-0.2, 0) is 0 Å². The number of aryl methyl sites for hydroxylation is 2. The van der Waals surface area contributed by atoms with Gasteiger partial charge in [0.25, 0.3) is 0 Å². The number of methoxy groups -OCH3 is 1. The minimum Gasteiger partial charge on any atom is -0.496 e. The predicted octanol–water partition coefficient (Wildman–Crippen LogP) is 2.94. The van der Waals surface area contributed by atoms with E-state index in [1.165, 1.54) is 5.56 Å². The molecule has 1 fully saturated rings. The highest BCUT2D eigenvalue weighted by molar-refractivity contribution is 5.46. The molecule has 2 rings (SSSR count). The Morgan fingerprint density at radius 1 is 1.33 bits per heavy atom. The van der Waals surface area contributed by atoms with Crippen molar-refractivity contribution in [2.45, 2.75) is 26.2 Å². The summed E-state index contributed by atoms with van der Waals surface area (Å²) in [5.74, 6) is 1.66. The first-order chi connectivity index (χ1) is 7.17. The van der Waals surface area contributed by atoms with Gasteiger partial charge in [-0.2, -0.15) is 5.26 Å². The number of benzene rings is 1. The van der Waals surface area contributed by atoms with Gasteiger partial charge in [-0.3, -0.25) is 0 Å². The lowest BCUT2D eigenvalue weighted by Crippen LogP contribution is -1.93. The molecule has 0 N–H and O–H groups in total. The minimum atomic E-state index is 0.234. The van der Waals surface area contributed by atoms with Crippen molar-refractivity contribution in [1.29, 1.82) is 5.26 Å². The van der Waals surface area contributed by atoms with Crippen molar-refractivity contribution in [2.24, 2.45) is 5.92 Å². The van der Waals surface area contributed by atoms with Crippen LogP contribution in [0.3, 0.4) is 0 Å². The van der Waals surface area contributed by atoms with Crippen LogP contribution >= 0.6 is 0 Å². The number of ether oxygens (including phenoxy) is 1. The molecule has 2 atom stereocenters. The van der Waals surface area contributed by atoms with Gasteiger partial charge in [0, 0.05) is 5.92 Å². The summed E-state index contributed by atoms with van der Waals surface area (Å²) in [5, 5.41) is 8.80. The topological polar surface area (TPSA) is 33.0 Å². The van der Waals surface area contributed by atoms with E-state index in [1.54, 1.807) is 7.11 Å². The van der Waals surface area contributed by atoms with Gasteiger partial charge in [0.05, 0.1) is 19.1 Å². The van der Waals surface area contributed by atoms with Crippen LogP contribution in [0, 0.1) is 31.1 Å². The van der Waals surface area contributed by atoms with Crippen molar-refractivity contribution in [3.05, 3.63) is 28.8 Å². The maximum Gasteiger partial charge on any atom is 0.124 e. The van der Waals surface area contributed by atoms with E-state index < -0.39 is 0 Å². The lowest BCUT2D eigenvalue weighted by Gasteiger charge is -2.10. The third kappa shape index (κ3) is 1.70. The summed E-state index contributed by atoms with van der Waals surface area (Å²) in [6.45, 7) is 4.11. The molecule has 15 heavy (non-hydrogen) atoms. The van der Waals surface area contributed by atoms with Gasteiger partial charge in [-0.25, -0.2) is 0 Å². The molecule has 0 saturated heterocycles. The molecule has 2 nitrogen and oxygen atoms in total. The Balaban J connectivity index is 2.33. The van der Waals surface area contributed by atoms with Crippen molar-refractivity contribution in [2.75, 3.05) is 7.11 Å². The molecule has 1 aliphatic carbocycles. The second-order valence-corrected chi connectivity index (χ2v) is 4.27. The summed E-state index contributed by atoms with van der Waals surface area (Å²) in [5.41, 5.74) is 3.62. The van der Waals surface area contributed by atoms with Crippen LogP contribution in [0.25, 0.3) is 0 Å². The predicted molar refractivity (Wildman–Crippen MR) is 58.9 cm³/mol. The van der Waals surface area contributed by atoms with Crippen molar-refractivity contribution < 1.29 is 4.74 Å². The highest BCUT2D eigenvalue weighted by atomic mass is 16.5. The number of rotatable bonds is 2. The first kappa shape index (κ1) is 10.0. The van der Waals surface area contributed by atoms with Crippen molar-refractivity contribution in [1.82, 2.24) is 0 Å². The van der Waals surface area contributed by atoms with E-state index in [2.05, 4.69) is 32.0 Å². The molecule has 0 amide bonds. The smallest absolute Gasteiger partial charge is 0.124 e. The fourth-order valence-corrected chi connectivity index (χ4v) is 2.23. The molecule has 1 aliphatic rings. The lowest BCUT2D eigenvalue weighted by atomic mass is 10.0. The Hall–Kier alpha value is -1.49. The Labute approximate surface area is 90.5 Å². The maximum absolute atomic E-state index is 8.80. The zero-order chi connectivity index (χ0) is 11.0. The highest BCUT2D eigenvalue weighted by Crippen LogP contribution is 2.48. The molecule has 1 aromatic carbocycles. The number of nitrogens with zero attached hydrogens (tertiary/aromatic N) is 1. The van der Waals surface area contributed by atoms with E-state index in [-0.39, 0.29) is 5.92 Å². The van der Waals surface area contributed by atoms with Gasteiger partial charge in [-0.05, 0) is 37.0 Å². The summed E-state index contributed by atoms with van der Waals surface area (Å²) < 4.78 is 5.32. The van der Waals surface area contributed by atoms with E-state index in [9.17, 15) is 0 Å². The Morgan fingerprint density at radius 3 is 2.33 bits per heavy atom. The van der Waals surface area contributed by atoms with Gasteiger partial charge >= 0.3 is 0 Å². The molecule has 78 valence electrons. The van der Waals surface area contributed by atoms with E-state index in [4.69, 9.17) is 10.00 Å². The molecule has 2 heteroatoms. The molecule has 2 unspecified atom stereocenters. The standard InChI is InChI=1S/C13H15NO/c1-8-4-10(12-6-11(12)7-14)5-9(2)13(8)15-3/h4-5,11-12H,6H2,1-3H3. The van der Waals surface area contributed by atoms with E-state index >= 15 is 0 Å². The Kier molecular flexibility index (Phi) is 2.40. The number of hydrogen-bond donors (Lipinski definition) is 0. The Bertz CT molecular complexity index is 408. The fourth-order valence-electron chi connectivity index (χ4n) is 2.23. The van der Waals surface area contributed by atoms with Crippen LogP contribution in [0.1, 0.15) is 29.0 Å². The zero-order valence-corrected chi connectivity index (χ0v) is 9.37. The molecule has 1 aromatic rings. The van der Waals surface area contributed by atoms with Crippen molar-refractivity contribution >= 4 is 0 Å². The van der Waals surface area contributed by atoms with Crippen LogP contribution in [0.2, 0.25) is 0 Å². The van der Waals surface area contributed by atoms with Gasteiger partial charge in [-0.1, -0.05) is 12.1 Å². The SMILES string of the molecule is COc1c(C)cc(C2CC2C#N)cc1C. The average molecular weight is 201 g/mol. The fraction of sp³-hybridized carbons (Fsp3) is 0.462. The van der Waals surface area contributed by atoms with Gasteiger partial charge in [-0.15, -0.1) is 0 Å². The third-order valence-corrected chi connectivity index (χ3v) is 3.07. The molecule has 0 radical (unpaired) electrons. The highest BCUT2D eigenvalue weighted by Gasteiger charge is 2.38. The largest absolute Gasteiger partial charge is 0.496 e. The number of nitriles is 1.